The van der Waals surface area contributed by atoms with Gasteiger partial charge in [-0.3, -0.25) is 0 Å². The van der Waals surface area contributed by atoms with Gasteiger partial charge in [0.15, 0.2) is 5.69 Å². The van der Waals surface area contributed by atoms with Crippen LogP contribution in [0.15, 0.2) is 34.8 Å². The SMILES string of the molecule is CC(Nc1cc(C(F)(F)F)nc(Cl)n1)c1ccc(Br)cc1. The number of nitrogens with one attached hydrogen (secondary N) is 1. The topological polar surface area (TPSA) is 37.8 Å². The summed E-state index contributed by atoms with van der Waals surface area (Å²) in [4.78, 5) is 6.94. The Morgan fingerprint density at radius 3 is 2.38 bits per heavy atom. The number of nitrogens with zero attached hydrogens (tertiary/aromatic N) is 2. The molecule has 8 heteroatoms. The second-order valence-electron chi connectivity index (χ2n) is 4.32. The minimum Gasteiger partial charge on any atom is -0.363 e. The van der Waals surface area contributed by atoms with Crippen LogP contribution in [0.25, 0.3) is 0 Å². The predicted molar refractivity (Wildman–Crippen MR) is 78.2 cm³/mol. The molecule has 3 nitrogen and oxygen atoms in total. The van der Waals surface area contributed by atoms with Crippen molar-refractivity contribution in [2.75, 3.05) is 5.32 Å². The second kappa shape index (κ2) is 6.19. The molecule has 0 saturated heterocycles. The quantitative estimate of drug-likeness (QED) is 0.754. The zero-order valence-electron chi connectivity index (χ0n) is 10.7. The van der Waals surface area contributed by atoms with Crippen molar-refractivity contribution in [3.05, 3.63) is 51.3 Å². The molecule has 0 aliphatic carbocycles. The van der Waals surface area contributed by atoms with Crippen LogP contribution in [0.4, 0.5) is 19.0 Å². The molecule has 112 valence electrons. The van der Waals surface area contributed by atoms with E-state index in [1.54, 1.807) is 0 Å². The summed E-state index contributed by atoms with van der Waals surface area (Å²) in [6.45, 7) is 1.81. The highest BCUT2D eigenvalue weighted by Gasteiger charge is 2.33. The zero-order chi connectivity index (χ0) is 15.6. The number of benzene rings is 1. The summed E-state index contributed by atoms with van der Waals surface area (Å²) in [5.41, 5.74) is -0.172. The van der Waals surface area contributed by atoms with Crippen molar-refractivity contribution in [2.45, 2.75) is 19.1 Å². The third-order valence-electron chi connectivity index (χ3n) is 2.72. The molecule has 1 unspecified atom stereocenters. The monoisotopic (exact) mass is 379 g/mol. The van der Waals surface area contributed by atoms with E-state index in [0.29, 0.717) is 0 Å². The van der Waals surface area contributed by atoms with Gasteiger partial charge in [-0.25, -0.2) is 9.97 Å². The number of hydrogen-bond acceptors (Lipinski definition) is 3. The van der Waals surface area contributed by atoms with Crippen LogP contribution in [0.5, 0.6) is 0 Å². The summed E-state index contributed by atoms with van der Waals surface area (Å²) in [6, 6.07) is 8.01. The zero-order valence-corrected chi connectivity index (χ0v) is 13.1. The van der Waals surface area contributed by atoms with Gasteiger partial charge in [0.25, 0.3) is 0 Å². The van der Waals surface area contributed by atoms with Gasteiger partial charge in [0.05, 0.1) is 0 Å². The van der Waals surface area contributed by atoms with E-state index in [9.17, 15) is 13.2 Å². The predicted octanol–water partition coefficient (Wildman–Crippen LogP) is 5.08. The number of hydrogen-bond donors (Lipinski definition) is 1. The van der Waals surface area contributed by atoms with Crippen LogP contribution in [-0.2, 0) is 6.18 Å². The van der Waals surface area contributed by atoms with Crippen molar-refractivity contribution in [3.8, 4) is 0 Å². The number of alkyl halides is 3. The maximum atomic E-state index is 12.7. The Bertz CT molecular complexity index is 632. The molecule has 1 aromatic carbocycles. The van der Waals surface area contributed by atoms with E-state index < -0.39 is 17.2 Å². The Morgan fingerprint density at radius 1 is 1.19 bits per heavy atom. The van der Waals surface area contributed by atoms with Crippen molar-refractivity contribution in [1.29, 1.82) is 0 Å². The lowest BCUT2D eigenvalue weighted by molar-refractivity contribution is -0.141. The first-order chi connectivity index (χ1) is 9.75. The van der Waals surface area contributed by atoms with Gasteiger partial charge in [0, 0.05) is 16.6 Å². The molecule has 1 N–H and O–H groups in total. The van der Waals surface area contributed by atoms with Gasteiger partial charge < -0.3 is 5.32 Å². The van der Waals surface area contributed by atoms with E-state index in [0.717, 1.165) is 16.1 Å². The molecule has 2 aromatic rings. The Hall–Kier alpha value is -1.34. The molecule has 0 amide bonds. The van der Waals surface area contributed by atoms with Gasteiger partial charge in [-0.05, 0) is 36.2 Å². The van der Waals surface area contributed by atoms with Crippen LogP contribution in [-0.4, -0.2) is 9.97 Å². The first-order valence-electron chi connectivity index (χ1n) is 5.89. The van der Waals surface area contributed by atoms with Gasteiger partial charge in [-0.2, -0.15) is 13.2 Å². The molecule has 2 rings (SSSR count). The average Bonchev–Trinajstić information content (AvgIpc) is 2.37. The third-order valence-corrected chi connectivity index (χ3v) is 3.42. The first-order valence-corrected chi connectivity index (χ1v) is 7.06. The summed E-state index contributed by atoms with van der Waals surface area (Å²) in [6.07, 6.45) is -4.57. The van der Waals surface area contributed by atoms with E-state index in [1.807, 2.05) is 31.2 Å². The van der Waals surface area contributed by atoms with E-state index >= 15 is 0 Å². The van der Waals surface area contributed by atoms with Crippen LogP contribution in [0.3, 0.4) is 0 Å². The molecule has 0 aliphatic heterocycles. The Labute approximate surface area is 132 Å². The second-order valence-corrected chi connectivity index (χ2v) is 5.58. The minimum absolute atomic E-state index is 0.0257. The smallest absolute Gasteiger partial charge is 0.363 e. The van der Waals surface area contributed by atoms with Crippen molar-refractivity contribution in [3.63, 3.8) is 0 Å². The van der Waals surface area contributed by atoms with Crippen LogP contribution >= 0.6 is 27.5 Å². The largest absolute Gasteiger partial charge is 0.433 e. The summed E-state index contributed by atoms with van der Waals surface area (Å²) in [5, 5.41) is 2.43. The molecular weight excluding hydrogens is 371 g/mol. The molecule has 0 spiro atoms. The normalized spacial score (nSPS) is 13.0. The molecule has 0 fully saturated rings. The van der Waals surface area contributed by atoms with E-state index in [4.69, 9.17) is 11.6 Å². The lowest BCUT2D eigenvalue weighted by Crippen LogP contribution is -2.13. The summed E-state index contributed by atoms with van der Waals surface area (Å²) in [5.74, 6) is 0.0257. The molecule has 0 radical (unpaired) electrons. The Morgan fingerprint density at radius 2 is 1.81 bits per heavy atom. The van der Waals surface area contributed by atoms with E-state index in [2.05, 4.69) is 31.2 Å². The van der Waals surface area contributed by atoms with E-state index in [-0.39, 0.29) is 11.9 Å². The first kappa shape index (κ1) is 16.0. The van der Waals surface area contributed by atoms with Gasteiger partial charge in [-0.15, -0.1) is 0 Å². The van der Waals surface area contributed by atoms with Crippen LogP contribution < -0.4 is 5.32 Å². The molecule has 0 aliphatic rings. The fraction of sp³-hybridized carbons (Fsp3) is 0.231. The lowest BCUT2D eigenvalue weighted by Gasteiger charge is -2.16. The van der Waals surface area contributed by atoms with Crippen molar-refractivity contribution >= 4 is 33.3 Å². The standard InChI is InChI=1S/C13H10BrClF3N3/c1-7(8-2-4-9(14)5-3-8)19-11-6-10(13(16,17)18)20-12(15)21-11/h2-7H,1H3,(H,19,20,21). The van der Waals surface area contributed by atoms with Crippen LogP contribution in [0.1, 0.15) is 24.2 Å². The summed E-state index contributed by atoms with van der Waals surface area (Å²) in [7, 11) is 0. The summed E-state index contributed by atoms with van der Waals surface area (Å²) >= 11 is 8.86. The summed E-state index contributed by atoms with van der Waals surface area (Å²) < 4.78 is 38.9. The van der Waals surface area contributed by atoms with E-state index in [1.165, 1.54) is 0 Å². The average molecular weight is 381 g/mol. The highest BCUT2D eigenvalue weighted by Crippen LogP contribution is 2.30. The molecule has 21 heavy (non-hydrogen) atoms. The lowest BCUT2D eigenvalue weighted by atomic mass is 10.1. The van der Waals surface area contributed by atoms with Gasteiger partial charge >= 0.3 is 6.18 Å². The third kappa shape index (κ3) is 4.31. The molecule has 1 heterocycles. The number of aromatic nitrogens is 2. The van der Waals surface area contributed by atoms with Gasteiger partial charge in [-0.1, -0.05) is 28.1 Å². The van der Waals surface area contributed by atoms with Gasteiger partial charge in [0.1, 0.15) is 5.82 Å². The Kier molecular flexibility index (Phi) is 4.73. The van der Waals surface area contributed by atoms with Crippen LogP contribution in [0, 0.1) is 0 Å². The molecule has 1 aromatic heterocycles. The highest BCUT2D eigenvalue weighted by atomic mass is 79.9. The maximum absolute atomic E-state index is 12.7. The molecule has 1 atom stereocenters. The molecular formula is C13H10BrClF3N3. The fourth-order valence-electron chi connectivity index (χ4n) is 1.69. The number of anilines is 1. The minimum atomic E-state index is -4.57. The van der Waals surface area contributed by atoms with Crippen molar-refractivity contribution in [2.24, 2.45) is 0 Å². The number of rotatable bonds is 3. The van der Waals surface area contributed by atoms with Crippen molar-refractivity contribution < 1.29 is 13.2 Å². The molecule has 0 saturated carbocycles. The fourth-order valence-corrected chi connectivity index (χ4v) is 2.14. The molecule has 0 bridgehead atoms. The van der Waals surface area contributed by atoms with Crippen molar-refractivity contribution in [1.82, 2.24) is 9.97 Å². The van der Waals surface area contributed by atoms with Gasteiger partial charge in [0.2, 0.25) is 5.28 Å². The highest BCUT2D eigenvalue weighted by molar-refractivity contribution is 9.10. The number of halogens is 5. The Balaban J connectivity index is 2.23. The maximum Gasteiger partial charge on any atom is 0.433 e. The van der Waals surface area contributed by atoms with Crippen LogP contribution in [0.2, 0.25) is 5.28 Å².